The van der Waals surface area contributed by atoms with Gasteiger partial charge in [0.1, 0.15) is 0 Å². The Kier molecular flexibility index (Phi) is 4.96. The van der Waals surface area contributed by atoms with Gasteiger partial charge in [-0.3, -0.25) is 9.63 Å². The molecule has 92 valence electrons. The van der Waals surface area contributed by atoms with Crippen molar-refractivity contribution >= 4 is 17.6 Å². The molecule has 0 aliphatic heterocycles. The molecule has 1 amide bonds. The van der Waals surface area contributed by atoms with Gasteiger partial charge < -0.3 is 10.8 Å². The zero-order chi connectivity index (χ0) is 12.7. The Balaban J connectivity index is 2.26. The number of carboxylic acids is 1. The van der Waals surface area contributed by atoms with Crippen molar-refractivity contribution in [1.82, 2.24) is 5.48 Å². The quantitative estimate of drug-likeness (QED) is 0.489. The van der Waals surface area contributed by atoms with Crippen LogP contribution in [-0.2, 0) is 20.8 Å². The third-order valence-corrected chi connectivity index (χ3v) is 1.97. The molecule has 1 rings (SSSR count). The van der Waals surface area contributed by atoms with Gasteiger partial charge in [0.25, 0.3) is 0 Å². The largest absolute Gasteiger partial charge is 0.479 e. The maximum Gasteiger partial charge on any atom is 0.332 e. The lowest BCUT2D eigenvalue weighted by atomic mass is 10.1. The lowest BCUT2D eigenvalue weighted by Crippen LogP contribution is -2.26. The van der Waals surface area contributed by atoms with E-state index in [9.17, 15) is 9.59 Å². The number of amides is 1. The second-order valence-corrected chi connectivity index (χ2v) is 3.45. The van der Waals surface area contributed by atoms with E-state index in [-0.39, 0.29) is 12.3 Å². The molecule has 0 aliphatic rings. The third kappa shape index (κ3) is 5.53. The average Bonchev–Trinajstić information content (AvgIpc) is 2.26. The predicted octanol–water partition coefficient (Wildman–Crippen LogP) is 0.334. The second-order valence-electron chi connectivity index (χ2n) is 3.45. The molecule has 0 atom stereocenters. The summed E-state index contributed by atoms with van der Waals surface area (Å²) in [6, 6.07) is 7.22. The van der Waals surface area contributed by atoms with Gasteiger partial charge in [0.2, 0.25) is 5.91 Å². The molecule has 17 heavy (non-hydrogen) atoms. The number of benzene rings is 1. The Morgan fingerprint density at radius 3 is 2.82 bits per heavy atom. The Morgan fingerprint density at radius 1 is 1.41 bits per heavy atom. The molecule has 0 aliphatic carbocycles. The Morgan fingerprint density at radius 2 is 2.18 bits per heavy atom. The highest BCUT2D eigenvalue weighted by Crippen LogP contribution is 2.08. The summed E-state index contributed by atoms with van der Waals surface area (Å²) in [4.78, 5) is 25.8. The van der Waals surface area contributed by atoms with Gasteiger partial charge in [-0.05, 0) is 24.1 Å². The van der Waals surface area contributed by atoms with Crippen LogP contribution in [0.15, 0.2) is 24.3 Å². The number of hydrogen-bond acceptors (Lipinski definition) is 4. The van der Waals surface area contributed by atoms with E-state index in [2.05, 4.69) is 4.84 Å². The molecule has 0 aromatic heterocycles. The number of aryl methyl sites for hydroxylation is 1. The zero-order valence-corrected chi connectivity index (χ0v) is 9.18. The van der Waals surface area contributed by atoms with Crippen molar-refractivity contribution in [2.45, 2.75) is 12.8 Å². The molecule has 0 saturated heterocycles. The topological polar surface area (TPSA) is 102 Å². The summed E-state index contributed by atoms with van der Waals surface area (Å²) in [5.41, 5.74) is 9.22. The van der Waals surface area contributed by atoms with Crippen LogP contribution in [0.3, 0.4) is 0 Å². The number of carboxylic acid groups (broad SMARTS) is 1. The fraction of sp³-hybridized carbons (Fsp3) is 0.273. The fourth-order valence-corrected chi connectivity index (χ4v) is 1.24. The van der Waals surface area contributed by atoms with Gasteiger partial charge >= 0.3 is 5.97 Å². The van der Waals surface area contributed by atoms with E-state index in [4.69, 9.17) is 10.8 Å². The van der Waals surface area contributed by atoms with Crippen LogP contribution in [0.25, 0.3) is 0 Å². The number of carbonyl (C=O) groups excluding carboxylic acids is 1. The monoisotopic (exact) mass is 238 g/mol. The van der Waals surface area contributed by atoms with Crippen molar-refractivity contribution in [3.8, 4) is 0 Å². The number of hydroxylamine groups is 1. The number of rotatable bonds is 6. The van der Waals surface area contributed by atoms with Gasteiger partial charge in [0, 0.05) is 12.1 Å². The van der Waals surface area contributed by atoms with Gasteiger partial charge in [0.15, 0.2) is 6.61 Å². The molecule has 6 heteroatoms. The summed E-state index contributed by atoms with van der Waals surface area (Å²) in [5, 5.41) is 8.27. The molecule has 1 aromatic rings. The highest BCUT2D eigenvalue weighted by molar-refractivity contribution is 5.75. The number of anilines is 1. The highest BCUT2D eigenvalue weighted by atomic mass is 16.7. The van der Waals surface area contributed by atoms with Gasteiger partial charge in [-0.15, -0.1) is 0 Å². The maximum atomic E-state index is 11.2. The van der Waals surface area contributed by atoms with Crippen molar-refractivity contribution in [3.63, 3.8) is 0 Å². The summed E-state index contributed by atoms with van der Waals surface area (Å²) in [6.45, 7) is -0.552. The van der Waals surface area contributed by atoms with Crippen LogP contribution in [0, 0.1) is 0 Å². The minimum absolute atomic E-state index is 0.211. The molecule has 1 aromatic carbocycles. The first-order valence-corrected chi connectivity index (χ1v) is 5.05. The summed E-state index contributed by atoms with van der Waals surface area (Å²) >= 11 is 0. The molecular formula is C11H14N2O4. The minimum Gasteiger partial charge on any atom is -0.479 e. The Bertz CT molecular complexity index is 406. The molecule has 4 N–H and O–H groups in total. The highest BCUT2D eigenvalue weighted by Gasteiger charge is 2.04. The number of nitrogen functional groups attached to an aromatic ring is 1. The predicted molar refractivity (Wildman–Crippen MR) is 60.9 cm³/mol. The SMILES string of the molecule is Nc1cccc(CCC(=O)NOCC(=O)O)c1. The Hall–Kier alpha value is -2.08. The zero-order valence-electron chi connectivity index (χ0n) is 9.18. The number of hydrogen-bond donors (Lipinski definition) is 3. The molecule has 0 heterocycles. The van der Waals surface area contributed by atoms with Gasteiger partial charge in [-0.2, -0.15) is 0 Å². The van der Waals surface area contributed by atoms with Crippen LogP contribution in [0.4, 0.5) is 5.69 Å². The average molecular weight is 238 g/mol. The van der Waals surface area contributed by atoms with Crippen LogP contribution in [0.5, 0.6) is 0 Å². The summed E-state index contributed by atoms with van der Waals surface area (Å²) in [5.74, 6) is -1.50. The van der Waals surface area contributed by atoms with Crippen LogP contribution in [0.2, 0.25) is 0 Å². The van der Waals surface area contributed by atoms with Gasteiger partial charge in [0.05, 0.1) is 0 Å². The lowest BCUT2D eigenvalue weighted by molar-refractivity contribution is -0.149. The van der Waals surface area contributed by atoms with Crippen molar-refractivity contribution in [1.29, 1.82) is 0 Å². The minimum atomic E-state index is -1.14. The smallest absolute Gasteiger partial charge is 0.332 e. The van der Waals surface area contributed by atoms with E-state index in [0.717, 1.165) is 5.56 Å². The standard InChI is InChI=1S/C11H14N2O4/c12-9-3-1-2-8(6-9)4-5-10(14)13-17-7-11(15)16/h1-3,6H,4-5,7,12H2,(H,13,14)(H,15,16). The number of nitrogens with one attached hydrogen (secondary N) is 1. The van der Waals surface area contributed by atoms with E-state index in [1.807, 2.05) is 17.6 Å². The van der Waals surface area contributed by atoms with Crippen LogP contribution in [0.1, 0.15) is 12.0 Å². The number of aliphatic carboxylic acids is 1. The van der Waals surface area contributed by atoms with Crippen LogP contribution >= 0.6 is 0 Å². The van der Waals surface area contributed by atoms with E-state index >= 15 is 0 Å². The number of carbonyl (C=O) groups is 2. The molecule has 6 nitrogen and oxygen atoms in total. The molecule has 0 radical (unpaired) electrons. The van der Waals surface area contributed by atoms with Crippen molar-refractivity contribution in [3.05, 3.63) is 29.8 Å². The molecule has 0 bridgehead atoms. The fourth-order valence-electron chi connectivity index (χ4n) is 1.24. The third-order valence-electron chi connectivity index (χ3n) is 1.97. The van der Waals surface area contributed by atoms with Crippen LogP contribution < -0.4 is 11.2 Å². The van der Waals surface area contributed by atoms with E-state index < -0.39 is 12.6 Å². The summed E-state index contributed by atoms with van der Waals surface area (Å²) in [7, 11) is 0. The molecule has 0 unspecified atom stereocenters. The van der Waals surface area contributed by atoms with Crippen molar-refractivity contribution in [2.75, 3.05) is 12.3 Å². The molecule has 0 saturated carbocycles. The van der Waals surface area contributed by atoms with Gasteiger partial charge in [-0.1, -0.05) is 12.1 Å². The first kappa shape index (κ1) is 13.0. The van der Waals surface area contributed by atoms with Crippen molar-refractivity contribution < 1.29 is 19.5 Å². The lowest BCUT2D eigenvalue weighted by Gasteiger charge is -2.04. The maximum absolute atomic E-state index is 11.2. The number of nitrogens with two attached hydrogens (primary N) is 1. The van der Waals surface area contributed by atoms with E-state index in [1.165, 1.54) is 0 Å². The summed E-state index contributed by atoms with van der Waals surface area (Å²) in [6.07, 6.45) is 0.733. The van der Waals surface area contributed by atoms with E-state index in [0.29, 0.717) is 12.1 Å². The normalized spacial score (nSPS) is 9.88. The first-order valence-electron chi connectivity index (χ1n) is 5.05. The van der Waals surface area contributed by atoms with Gasteiger partial charge in [-0.25, -0.2) is 10.3 Å². The molecule has 0 fully saturated rings. The Labute approximate surface area is 98.3 Å². The summed E-state index contributed by atoms with van der Waals surface area (Å²) < 4.78 is 0. The second kappa shape index (κ2) is 6.49. The molecule has 0 spiro atoms. The van der Waals surface area contributed by atoms with E-state index in [1.54, 1.807) is 12.1 Å². The first-order chi connectivity index (χ1) is 8.08. The van der Waals surface area contributed by atoms with Crippen LogP contribution in [-0.4, -0.2) is 23.6 Å². The van der Waals surface area contributed by atoms with Crippen molar-refractivity contribution in [2.24, 2.45) is 0 Å². The molecular weight excluding hydrogens is 224 g/mol.